The highest BCUT2D eigenvalue weighted by Gasteiger charge is 2.06. The van der Waals surface area contributed by atoms with E-state index in [1.54, 1.807) is 14.2 Å². The summed E-state index contributed by atoms with van der Waals surface area (Å²) >= 11 is 0. The molecule has 0 aromatic heterocycles. The molecule has 1 aromatic carbocycles. The fourth-order valence-electron chi connectivity index (χ4n) is 1.64. The molecule has 1 N–H and O–H groups in total. The highest BCUT2D eigenvalue weighted by Crippen LogP contribution is 2.16. The van der Waals surface area contributed by atoms with Crippen LogP contribution < -0.4 is 5.32 Å². The van der Waals surface area contributed by atoms with Gasteiger partial charge in [-0.2, -0.15) is 0 Å². The average Bonchev–Trinajstić information content (AvgIpc) is 2.33. The zero-order valence-corrected chi connectivity index (χ0v) is 10.3. The monoisotopic (exact) mass is 223 g/mol. The third-order valence-electron chi connectivity index (χ3n) is 2.52. The Hall–Kier alpha value is -1.06. The van der Waals surface area contributed by atoms with Crippen molar-refractivity contribution in [3.8, 4) is 0 Å². The van der Waals surface area contributed by atoms with Gasteiger partial charge >= 0.3 is 0 Å². The quantitative estimate of drug-likeness (QED) is 0.721. The number of benzene rings is 1. The van der Waals surface area contributed by atoms with Crippen molar-refractivity contribution < 1.29 is 9.47 Å². The molecular weight excluding hydrogens is 202 g/mol. The lowest BCUT2D eigenvalue weighted by molar-refractivity contribution is -0.0914. The topological polar surface area (TPSA) is 30.5 Å². The van der Waals surface area contributed by atoms with Crippen LogP contribution in [0.25, 0.3) is 0 Å². The van der Waals surface area contributed by atoms with Crippen LogP contribution in [0.1, 0.15) is 18.9 Å². The minimum absolute atomic E-state index is 0.199. The minimum Gasteiger partial charge on any atom is -0.380 e. The minimum atomic E-state index is -0.199. The number of hydrogen-bond acceptors (Lipinski definition) is 3. The summed E-state index contributed by atoms with van der Waals surface area (Å²) in [5.41, 5.74) is 2.51. The van der Waals surface area contributed by atoms with Crippen molar-refractivity contribution in [3.05, 3.63) is 29.8 Å². The number of anilines is 1. The van der Waals surface area contributed by atoms with Gasteiger partial charge in [0.05, 0.1) is 6.54 Å². The molecule has 0 heterocycles. The van der Waals surface area contributed by atoms with Crippen LogP contribution in [0.2, 0.25) is 0 Å². The molecule has 90 valence electrons. The van der Waals surface area contributed by atoms with Crippen LogP contribution in [-0.2, 0) is 15.9 Å². The first-order valence-electron chi connectivity index (χ1n) is 5.69. The zero-order valence-electron chi connectivity index (χ0n) is 10.3. The van der Waals surface area contributed by atoms with E-state index in [-0.39, 0.29) is 6.29 Å². The molecule has 0 aliphatic rings. The number of nitrogens with one attached hydrogen (secondary N) is 1. The molecule has 0 spiro atoms. The van der Waals surface area contributed by atoms with Crippen molar-refractivity contribution in [3.63, 3.8) is 0 Å². The van der Waals surface area contributed by atoms with Gasteiger partial charge in [0.2, 0.25) is 0 Å². The van der Waals surface area contributed by atoms with Gasteiger partial charge in [-0.1, -0.05) is 31.5 Å². The molecule has 0 atom stereocenters. The molecule has 0 radical (unpaired) electrons. The second kappa shape index (κ2) is 7.25. The van der Waals surface area contributed by atoms with Crippen molar-refractivity contribution >= 4 is 5.69 Å². The maximum atomic E-state index is 5.14. The highest BCUT2D eigenvalue weighted by molar-refractivity contribution is 5.51. The maximum absolute atomic E-state index is 5.14. The summed E-state index contributed by atoms with van der Waals surface area (Å²) in [5.74, 6) is 0. The first-order chi connectivity index (χ1) is 7.81. The summed E-state index contributed by atoms with van der Waals surface area (Å²) in [7, 11) is 3.29. The summed E-state index contributed by atoms with van der Waals surface area (Å²) in [6.45, 7) is 2.84. The fraction of sp³-hybridized carbons (Fsp3) is 0.538. The van der Waals surface area contributed by atoms with Crippen LogP contribution in [0, 0.1) is 0 Å². The van der Waals surface area contributed by atoms with E-state index >= 15 is 0 Å². The third-order valence-corrected chi connectivity index (χ3v) is 2.52. The summed E-state index contributed by atoms with van der Waals surface area (Å²) in [5, 5.41) is 3.35. The molecule has 16 heavy (non-hydrogen) atoms. The number of ether oxygens (including phenoxy) is 2. The van der Waals surface area contributed by atoms with E-state index in [0.29, 0.717) is 6.54 Å². The lowest BCUT2D eigenvalue weighted by Gasteiger charge is -2.16. The van der Waals surface area contributed by atoms with Crippen LogP contribution in [0.4, 0.5) is 5.69 Å². The van der Waals surface area contributed by atoms with Crippen molar-refractivity contribution in [2.75, 3.05) is 26.1 Å². The number of hydrogen-bond donors (Lipinski definition) is 1. The Morgan fingerprint density at radius 2 is 1.88 bits per heavy atom. The van der Waals surface area contributed by atoms with Crippen molar-refractivity contribution in [2.45, 2.75) is 26.1 Å². The van der Waals surface area contributed by atoms with Crippen molar-refractivity contribution in [2.24, 2.45) is 0 Å². The lowest BCUT2D eigenvalue weighted by atomic mass is 10.1. The Kier molecular flexibility index (Phi) is 5.90. The summed E-state index contributed by atoms with van der Waals surface area (Å²) in [6, 6.07) is 8.35. The van der Waals surface area contributed by atoms with Crippen LogP contribution in [-0.4, -0.2) is 27.1 Å². The second-order valence-electron chi connectivity index (χ2n) is 3.69. The van der Waals surface area contributed by atoms with Gasteiger partial charge in [0, 0.05) is 19.9 Å². The average molecular weight is 223 g/mol. The van der Waals surface area contributed by atoms with Gasteiger partial charge in [-0.3, -0.25) is 0 Å². The highest BCUT2D eigenvalue weighted by atomic mass is 16.7. The Bertz CT molecular complexity index is 298. The molecule has 0 saturated heterocycles. The van der Waals surface area contributed by atoms with Crippen LogP contribution in [0.5, 0.6) is 0 Å². The maximum Gasteiger partial charge on any atom is 0.173 e. The second-order valence-corrected chi connectivity index (χ2v) is 3.69. The van der Waals surface area contributed by atoms with E-state index in [4.69, 9.17) is 9.47 Å². The van der Waals surface area contributed by atoms with E-state index in [2.05, 4.69) is 30.4 Å². The van der Waals surface area contributed by atoms with Gasteiger partial charge in [-0.25, -0.2) is 0 Å². The lowest BCUT2D eigenvalue weighted by Crippen LogP contribution is -2.24. The third kappa shape index (κ3) is 3.83. The van der Waals surface area contributed by atoms with Crippen molar-refractivity contribution in [1.29, 1.82) is 0 Å². The van der Waals surface area contributed by atoms with Crippen LogP contribution in [0.3, 0.4) is 0 Å². The van der Waals surface area contributed by atoms with Gasteiger partial charge in [-0.15, -0.1) is 0 Å². The number of para-hydroxylation sites is 1. The van der Waals surface area contributed by atoms with E-state index < -0.39 is 0 Å². The van der Waals surface area contributed by atoms with E-state index in [1.165, 1.54) is 11.3 Å². The van der Waals surface area contributed by atoms with Crippen LogP contribution in [0.15, 0.2) is 24.3 Å². The Labute approximate surface area is 97.8 Å². The summed E-state index contributed by atoms with van der Waals surface area (Å²) < 4.78 is 10.3. The van der Waals surface area contributed by atoms with E-state index in [0.717, 1.165) is 12.8 Å². The molecule has 1 rings (SSSR count). The number of methoxy groups -OCH3 is 2. The zero-order chi connectivity index (χ0) is 11.8. The summed E-state index contributed by atoms with van der Waals surface area (Å²) in [4.78, 5) is 0. The molecule has 3 heteroatoms. The molecule has 3 nitrogen and oxygen atoms in total. The molecule has 0 fully saturated rings. The first-order valence-corrected chi connectivity index (χ1v) is 5.69. The van der Waals surface area contributed by atoms with Gasteiger partial charge in [0.1, 0.15) is 0 Å². The van der Waals surface area contributed by atoms with Gasteiger partial charge in [0.15, 0.2) is 6.29 Å². The normalized spacial score (nSPS) is 10.8. The fourth-order valence-corrected chi connectivity index (χ4v) is 1.64. The molecule has 0 amide bonds. The predicted molar refractivity (Wildman–Crippen MR) is 66.7 cm³/mol. The number of rotatable bonds is 7. The Morgan fingerprint density at radius 3 is 2.50 bits per heavy atom. The summed E-state index contributed by atoms with van der Waals surface area (Å²) in [6.07, 6.45) is 2.04. The molecule has 0 aliphatic carbocycles. The molecule has 0 aliphatic heterocycles. The van der Waals surface area contributed by atoms with Crippen LogP contribution >= 0.6 is 0 Å². The molecule has 0 unspecified atom stereocenters. The largest absolute Gasteiger partial charge is 0.380 e. The molecule has 0 bridgehead atoms. The molecular formula is C13H21NO2. The van der Waals surface area contributed by atoms with Gasteiger partial charge in [0.25, 0.3) is 0 Å². The SMILES string of the molecule is CCCc1ccccc1NCC(OC)OC. The van der Waals surface area contributed by atoms with E-state index in [1.807, 2.05) is 6.07 Å². The Morgan fingerprint density at radius 1 is 1.19 bits per heavy atom. The molecule has 0 saturated carbocycles. The smallest absolute Gasteiger partial charge is 0.173 e. The van der Waals surface area contributed by atoms with Gasteiger partial charge in [-0.05, 0) is 18.1 Å². The van der Waals surface area contributed by atoms with Gasteiger partial charge < -0.3 is 14.8 Å². The first kappa shape index (κ1) is 13.0. The molecule has 1 aromatic rings. The number of aryl methyl sites for hydroxylation is 1. The Balaban J connectivity index is 2.58. The van der Waals surface area contributed by atoms with Crippen molar-refractivity contribution in [1.82, 2.24) is 0 Å². The van der Waals surface area contributed by atoms with E-state index in [9.17, 15) is 0 Å². The standard InChI is InChI=1S/C13H21NO2/c1-4-7-11-8-5-6-9-12(11)14-10-13(15-2)16-3/h5-6,8-9,13-14H,4,7,10H2,1-3H3. The predicted octanol–water partition coefficient (Wildman–Crippen LogP) is 2.67.